The van der Waals surface area contributed by atoms with Gasteiger partial charge in [0, 0.05) is 12.6 Å². The lowest BCUT2D eigenvalue weighted by Crippen LogP contribution is -2.37. The maximum absolute atomic E-state index is 3.89. The van der Waals surface area contributed by atoms with Crippen LogP contribution in [0.4, 0.5) is 0 Å². The zero-order chi connectivity index (χ0) is 15.0. The lowest BCUT2D eigenvalue weighted by atomic mass is 9.86. The quantitative estimate of drug-likeness (QED) is 0.439. The molecule has 0 aromatic heterocycles. The highest BCUT2D eigenvalue weighted by atomic mass is 14.9. The van der Waals surface area contributed by atoms with E-state index in [0.29, 0.717) is 5.41 Å². The zero-order valence-electron chi connectivity index (χ0n) is 14.8. The van der Waals surface area contributed by atoms with Crippen molar-refractivity contribution in [1.29, 1.82) is 0 Å². The van der Waals surface area contributed by atoms with Crippen molar-refractivity contribution in [3.63, 3.8) is 0 Å². The topological polar surface area (TPSA) is 12.0 Å². The van der Waals surface area contributed by atoms with Crippen molar-refractivity contribution in [2.45, 2.75) is 98.4 Å². The summed E-state index contributed by atoms with van der Waals surface area (Å²) in [6.07, 6.45) is 12.6. The van der Waals surface area contributed by atoms with Crippen LogP contribution in [0.15, 0.2) is 0 Å². The smallest absolute Gasteiger partial charge is 0.00673 e. The molecule has 0 aromatic rings. The molecular weight excluding hydrogens is 242 g/mol. The lowest BCUT2D eigenvalue weighted by Gasteiger charge is -2.28. The van der Waals surface area contributed by atoms with Gasteiger partial charge in [-0.15, -0.1) is 0 Å². The maximum atomic E-state index is 3.89. The number of hydrogen-bond acceptors (Lipinski definition) is 1. The third kappa shape index (κ3) is 7.11. The van der Waals surface area contributed by atoms with Gasteiger partial charge in [0.1, 0.15) is 0 Å². The Hall–Kier alpha value is -0.0400. The summed E-state index contributed by atoms with van der Waals surface area (Å²) in [6, 6.07) is 0.782. The van der Waals surface area contributed by atoms with Crippen LogP contribution in [-0.4, -0.2) is 12.6 Å². The first-order chi connectivity index (χ1) is 9.44. The molecule has 0 aromatic carbocycles. The van der Waals surface area contributed by atoms with E-state index in [1.165, 1.54) is 64.3 Å². The maximum Gasteiger partial charge on any atom is 0.00673 e. The van der Waals surface area contributed by atoms with Gasteiger partial charge >= 0.3 is 0 Å². The van der Waals surface area contributed by atoms with Crippen molar-refractivity contribution < 1.29 is 0 Å². The average molecular weight is 282 g/mol. The molecule has 20 heavy (non-hydrogen) atoms. The van der Waals surface area contributed by atoms with E-state index in [9.17, 15) is 0 Å². The summed E-state index contributed by atoms with van der Waals surface area (Å²) in [6.45, 7) is 13.2. The Kier molecular flexibility index (Phi) is 8.17. The molecule has 0 radical (unpaired) electrons. The third-order valence-electron chi connectivity index (χ3n) is 5.28. The van der Waals surface area contributed by atoms with Crippen LogP contribution in [0, 0.1) is 17.3 Å². The zero-order valence-corrected chi connectivity index (χ0v) is 14.8. The fourth-order valence-electron chi connectivity index (χ4n) is 3.56. The molecular formula is C19H39N. The lowest BCUT2D eigenvalue weighted by molar-refractivity contribution is 0.277. The molecule has 120 valence electrons. The summed E-state index contributed by atoms with van der Waals surface area (Å²) in [5, 5.41) is 3.89. The molecule has 1 heteroatoms. The molecule has 1 aliphatic rings. The van der Waals surface area contributed by atoms with Crippen LogP contribution in [0.25, 0.3) is 0 Å². The van der Waals surface area contributed by atoms with Crippen molar-refractivity contribution in [2.75, 3.05) is 6.54 Å². The molecule has 1 nitrogen and oxygen atoms in total. The molecule has 0 aliphatic heterocycles. The molecule has 2 atom stereocenters. The van der Waals surface area contributed by atoms with Crippen LogP contribution < -0.4 is 5.32 Å². The highest BCUT2D eigenvalue weighted by molar-refractivity contribution is 4.79. The largest absolute Gasteiger partial charge is 0.313 e. The number of hydrogen-bond donors (Lipinski definition) is 1. The van der Waals surface area contributed by atoms with E-state index < -0.39 is 0 Å². The van der Waals surface area contributed by atoms with Crippen LogP contribution in [0.5, 0.6) is 0 Å². The molecule has 0 heterocycles. The molecule has 1 N–H and O–H groups in total. The van der Waals surface area contributed by atoms with Gasteiger partial charge in [-0.2, -0.15) is 0 Å². The van der Waals surface area contributed by atoms with Crippen LogP contribution in [0.2, 0.25) is 0 Å². The van der Waals surface area contributed by atoms with Gasteiger partial charge in [-0.25, -0.2) is 0 Å². The Balaban J connectivity index is 2.27. The summed E-state index contributed by atoms with van der Waals surface area (Å²) < 4.78 is 0. The van der Waals surface area contributed by atoms with Crippen molar-refractivity contribution in [1.82, 2.24) is 5.32 Å². The van der Waals surface area contributed by atoms with E-state index >= 15 is 0 Å². The molecule has 0 spiro atoms. The molecule has 1 aliphatic carbocycles. The van der Waals surface area contributed by atoms with E-state index in [1.54, 1.807) is 0 Å². The van der Waals surface area contributed by atoms with E-state index in [-0.39, 0.29) is 0 Å². The molecule has 1 saturated carbocycles. The third-order valence-corrected chi connectivity index (χ3v) is 5.28. The summed E-state index contributed by atoms with van der Waals surface area (Å²) >= 11 is 0. The molecule has 1 rings (SSSR count). The van der Waals surface area contributed by atoms with Crippen molar-refractivity contribution in [2.24, 2.45) is 17.3 Å². The van der Waals surface area contributed by atoms with E-state index in [4.69, 9.17) is 0 Å². The summed E-state index contributed by atoms with van der Waals surface area (Å²) in [5.41, 5.74) is 0.471. The summed E-state index contributed by atoms with van der Waals surface area (Å²) in [5.74, 6) is 1.85. The van der Waals surface area contributed by atoms with Gasteiger partial charge in [-0.3, -0.25) is 0 Å². The normalized spacial score (nSPS) is 24.9. The molecule has 0 bridgehead atoms. The van der Waals surface area contributed by atoms with Gasteiger partial charge in [0.25, 0.3) is 0 Å². The van der Waals surface area contributed by atoms with Gasteiger partial charge in [0.15, 0.2) is 0 Å². The predicted molar refractivity (Wildman–Crippen MR) is 91.1 cm³/mol. The van der Waals surface area contributed by atoms with Gasteiger partial charge in [-0.05, 0) is 42.9 Å². The van der Waals surface area contributed by atoms with Crippen LogP contribution in [0.1, 0.15) is 92.4 Å². The summed E-state index contributed by atoms with van der Waals surface area (Å²) in [4.78, 5) is 0. The Morgan fingerprint density at radius 2 is 1.80 bits per heavy atom. The number of nitrogens with one attached hydrogen (secondary N) is 1. The van der Waals surface area contributed by atoms with Crippen LogP contribution in [0.3, 0.4) is 0 Å². The number of rotatable bonds is 8. The Bertz CT molecular complexity index is 244. The Labute approximate surface area is 128 Å². The minimum Gasteiger partial charge on any atom is -0.313 e. The fourth-order valence-corrected chi connectivity index (χ4v) is 3.56. The van der Waals surface area contributed by atoms with E-state index in [0.717, 1.165) is 17.9 Å². The van der Waals surface area contributed by atoms with Gasteiger partial charge < -0.3 is 5.32 Å². The van der Waals surface area contributed by atoms with Crippen molar-refractivity contribution in [3.05, 3.63) is 0 Å². The van der Waals surface area contributed by atoms with E-state index in [2.05, 4.69) is 39.9 Å². The second-order valence-electron chi connectivity index (χ2n) is 8.21. The first-order valence-electron chi connectivity index (χ1n) is 9.18. The first kappa shape index (κ1) is 18.0. The van der Waals surface area contributed by atoms with Crippen molar-refractivity contribution in [3.8, 4) is 0 Å². The van der Waals surface area contributed by atoms with Gasteiger partial charge in [-0.1, -0.05) is 66.7 Å². The molecule has 2 unspecified atom stereocenters. The minimum atomic E-state index is 0.471. The SMILES string of the molecule is CCCCCC(C)(C)CNC1CCCC(C(C)C)CC1. The van der Waals surface area contributed by atoms with Gasteiger partial charge in [0.05, 0.1) is 0 Å². The fraction of sp³-hybridized carbons (Fsp3) is 1.00. The molecule has 0 amide bonds. The summed E-state index contributed by atoms with van der Waals surface area (Å²) in [7, 11) is 0. The Morgan fingerprint density at radius 3 is 2.45 bits per heavy atom. The van der Waals surface area contributed by atoms with Gasteiger partial charge in [0.2, 0.25) is 0 Å². The standard InChI is InChI=1S/C19H39N/c1-6-7-8-14-19(4,5)15-20-18-11-9-10-17(12-13-18)16(2)3/h16-18,20H,6-15H2,1-5H3. The number of unbranched alkanes of at least 4 members (excludes halogenated alkanes) is 2. The van der Waals surface area contributed by atoms with E-state index in [1.807, 2.05) is 0 Å². The first-order valence-corrected chi connectivity index (χ1v) is 9.18. The van der Waals surface area contributed by atoms with Crippen LogP contribution in [-0.2, 0) is 0 Å². The Morgan fingerprint density at radius 1 is 1.05 bits per heavy atom. The predicted octanol–water partition coefficient (Wildman–Crippen LogP) is 5.79. The monoisotopic (exact) mass is 281 g/mol. The van der Waals surface area contributed by atoms with Crippen LogP contribution >= 0.6 is 0 Å². The highest BCUT2D eigenvalue weighted by Crippen LogP contribution is 2.29. The van der Waals surface area contributed by atoms with Crippen molar-refractivity contribution >= 4 is 0 Å². The molecule has 0 saturated heterocycles. The highest BCUT2D eigenvalue weighted by Gasteiger charge is 2.23. The minimum absolute atomic E-state index is 0.471. The average Bonchev–Trinajstić information content (AvgIpc) is 2.62. The molecule has 1 fully saturated rings. The second-order valence-corrected chi connectivity index (χ2v) is 8.21. The second kappa shape index (κ2) is 9.07.